The maximum Gasteiger partial charge on any atom is 0.246 e. The van der Waals surface area contributed by atoms with E-state index in [0.717, 1.165) is 12.8 Å². The van der Waals surface area contributed by atoms with Crippen LogP contribution in [0.1, 0.15) is 25.3 Å². The van der Waals surface area contributed by atoms with Gasteiger partial charge < -0.3 is 5.73 Å². The highest BCUT2D eigenvalue weighted by Crippen LogP contribution is 2.25. The van der Waals surface area contributed by atoms with Gasteiger partial charge in [-0.25, -0.2) is 12.8 Å². The molecule has 2 N–H and O–H groups in total. The van der Waals surface area contributed by atoms with Gasteiger partial charge in [-0.15, -0.1) is 0 Å². The minimum Gasteiger partial charge on any atom is -0.326 e. The third-order valence-electron chi connectivity index (χ3n) is 3.47. The second-order valence-corrected chi connectivity index (χ2v) is 6.99. The molecule has 0 bridgehead atoms. The summed E-state index contributed by atoms with van der Waals surface area (Å²) >= 11 is 0. The van der Waals surface area contributed by atoms with Crippen LogP contribution in [-0.4, -0.2) is 25.8 Å². The molecular formula is C13H19FN2O2S. The van der Waals surface area contributed by atoms with Crippen LogP contribution in [0.3, 0.4) is 0 Å². The molecule has 1 atom stereocenters. The average molecular weight is 286 g/mol. The third kappa shape index (κ3) is 2.96. The van der Waals surface area contributed by atoms with Crippen molar-refractivity contribution < 1.29 is 12.8 Å². The standard InChI is InChI=1S/C13H19FN2O2S/c1-10-3-2-6-16(9-10)19(17,18)13-7-11(8-15)4-5-12(13)14/h4-5,7,10H,2-3,6,8-9,15H2,1H3. The lowest BCUT2D eigenvalue weighted by Crippen LogP contribution is -2.39. The largest absolute Gasteiger partial charge is 0.326 e. The van der Waals surface area contributed by atoms with Crippen LogP contribution in [0.15, 0.2) is 23.1 Å². The molecule has 0 amide bonds. The fourth-order valence-electron chi connectivity index (χ4n) is 2.38. The zero-order valence-corrected chi connectivity index (χ0v) is 11.8. The van der Waals surface area contributed by atoms with E-state index >= 15 is 0 Å². The quantitative estimate of drug-likeness (QED) is 0.920. The van der Waals surface area contributed by atoms with E-state index in [0.29, 0.717) is 24.6 Å². The highest BCUT2D eigenvalue weighted by molar-refractivity contribution is 7.89. The Morgan fingerprint density at radius 2 is 2.21 bits per heavy atom. The van der Waals surface area contributed by atoms with Gasteiger partial charge in [-0.05, 0) is 36.5 Å². The number of hydrogen-bond donors (Lipinski definition) is 1. The lowest BCUT2D eigenvalue weighted by Gasteiger charge is -2.30. The minimum absolute atomic E-state index is 0.194. The monoisotopic (exact) mass is 286 g/mol. The van der Waals surface area contributed by atoms with Gasteiger partial charge in [0.25, 0.3) is 0 Å². The zero-order chi connectivity index (χ0) is 14.0. The van der Waals surface area contributed by atoms with Crippen molar-refractivity contribution in [2.75, 3.05) is 13.1 Å². The summed E-state index contributed by atoms with van der Waals surface area (Å²) < 4.78 is 40.1. The van der Waals surface area contributed by atoms with Crippen molar-refractivity contribution >= 4 is 10.0 Å². The highest BCUT2D eigenvalue weighted by Gasteiger charge is 2.30. The van der Waals surface area contributed by atoms with Gasteiger partial charge in [-0.2, -0.15) is 4.31 Å². The summed E-state index contributed by atoms with van der Waals surface area (Å²) in [5, 5.41) is 0. The number of rotatable bonds is 3. The molecule has 1 heterocycles. The maximum absolute atomic E-state index is 13.8. The van der Waals surface area contributed by atoms with E-state index in [1.54, 1.807) is 0 Å². The Kier molecular flexibility index (Phi) is 4.23. The number of nitrogens with two attached hydrogens (primary N) is 1. The van der Waals surface area contributed by atoms with Gasteiger partial charge in [-0.3, -0.25) is 0 Å². The van der Waals surface area contributed by atoms with E-state index in [2.05, 4.69) is 0 Å². The van der Waals surface area contributed by atoms with Gasteiger partial charge in [0.2, 0.25) is 10.0 Å². The van der Waals surface area contributed by atoms with Crippen LogP contribution in [-0.2, 0) is 16.6 Å². The molecule has 0 saturated carbocycles. The molecule has 1 aliphatic heterocycles. The Bertz CT molecular complexity index is 560. The molecule has 0 spiro atoms. The van der Waals surface area contributed by atoms with Crippen LogP contribution in [0.25, 0.3) is 0 Å². The van der Waals surface area contributed by atoms with Crippen LogP contribution in [0.2, 0.25) is 0 Å². The van der Waals surface area contributed by atoms with Crippen LogP contribution >= 0.6 is 0 Å². The lowest BCUT2D eigenvalue weighted by atomic mass is 10.0. The maximum atomic E-state index is 13.8. The summed E-state index contributed by atoms with van der Waals surface area (Å²) in [6.45, 7) is 3.11. The molecular weight excluding hydrogens is 267 g/mol. The van der Waals surface area contributed by atoms with E-state index in [4.69, 9.17) is 5.73 Å². The van der Waals surface area contributed by atoms with E-state index in [-0.39, 0.29) is 11.4 Å². The molecule has 1 unspecified atom stereocenters. The minimum atomic E-state index is -3.76. The molecule has 1 aromatic rings. The van der Waals surface area contributed by atoms with E-state index in [1.807, 2.05) is 6.92 Å². The first-order chi connectivity index (χ1) is 8.95. The summed E-state index contributed by atoms with van der Waals surface area (Å²) in [6, 6.07) is 4.01. The van der Waals surface area contributed by atoms with E-state index in [9.17, 15) is 12.8 Å². The number of benzene rings is 1. The summed E-state index contributed by atoms with van der Waals surface area (Å²) in [5.41, 5.74) is 6.10. The van der Waals surface area contributed by atoms with Crippen molar-refractivity contribution in [3.05, 3.63) is 29.6 Å². The fraction of sp³-hybridized carbons (Fsp3) is 0.538. The number of halogens is 1. The average Bonchev–Trinajstić information content (AvgIpc) is 2.39. The lowest BCUT2D eigenvalue weighted by molar-refractivity contribution is 0.280. The molecule has 0 aromatic heterocycles. The third-order valence-corrected chi connectivity index (χ3v) is 5.35. The van der Waals surface area contributed by atoms with Gasteiger partial charge in [-0.1, -0.05) is 13.0 Å². The Morgan fingerprint density at radius 1 is 1.47 bits per heavy atom. The van der Waals surface area contributed by atoms with Gasteiger partial charge in [0.15, 0.2) is 0 Å². The molecule has 0 aliphatic carbocycles. The predicted molar refractivity (Wildman–Crippen MR) is 71.4 cm³/mol. The first-order valence-electron chi connectivity index (χ1n) is 6.44. The second-order valence-electron chi connectivity index (χ2n) is 5.08. The van der Waals surface area contributed by atoms with Gasteiger partial charge in [0.1, 0.15) is 10.7 Å². The molecule has 4 nitrogen and oxygen atoms in total. The van der Waals surface area contributed by atoms with Crippen molar-refractivity contribution in [3.8, 4) is 0 Å². The summed E-state index contributed by atoms with van der Waals surface area (Å²) in [5.74, 6) is -0.403. The molecule has 1 fully saturated rings. The SMILES string of the molecule is CC1CCCN(S(=O)(=O)c2cc(CN)ccc2F)C1. The Hall–Kier alpha value is -0.980. The van der Waals surface area contributed by atoms with Crippen LogP contribution in [0, 0.1) is 11.7 Å². The fourth-order valence-corrected chi connectivity index (χ4v) is 4.09. The number of sulfonamides is 1. The molecule has 0 radical (unpaired) electrons. The molecule has 1 aliphatic rings. The molecule has 1 saturated heterocycles. The van der Waals surface area contributed by atoms with Crippen molar-refractivity contribution in [3.63, 3.8) is 0 Å². The zero-order valence-electron chi connectivity index (χ0n) is 11.0. The smallest absolute Gasteiger partial charge is 0.246 e. The van der Waals surface area contributed by atoms with Gasteiger partial charge >= 0.3 is 0 Å². The van der Waals surface area contributed by atoms with Gasteiger partial charge in [0.05, 0.1) is 0 Å². The molecule has 6 heteroatoms. The van der Waals surface area contributed by atoms with Crippen LogP contribution in [0.5, 0.6) is 0 Å². The first-order valence-corrected chi connectivity index (χ1v) is 7.88. The first kappa shape index (κ1) is 14.4. The molecule has 106 valence electrons. The molecule has 2 rings (SSSR count). The molecule has 19 heavy (non-hydrogen) atoms. The highest BCUT2D eigenvalue weighted by atomic mass is 32.2. The van der Waals surface area contributed by atoms with Crippen molar-refractivity contribution in [1.82, 2.24) is 4.31 Å². The summed E-state index contributed by atoms with van der Waals surface area (Å²) in [7, 11) is -3.76. The van der Waals surface area contributed by atoms with Crippen LogP contribution < -0.4 is 5.73 Å². The van der Waals surface area contributed by atoms with E-state index < -0.39 is 15.8 Å². The Morgan fingerprint density at radius 3 is 2.84 bits per heavy atom. The predicted octanol–water partition coefficient (Wildman–Crippen LogP) is 1.71. The van der Waals surface area contributed by atoms with E-state index in [1.165, 1.54) is 22.5 Å². The number of nitrogens with zero attached hydrogens (tertiary/aromatic N) is 1. The Labute approximate surface area is 113 Å². The Balaban J connectivity index is 2.38. The number of piperidine rings is 1. The summed E-state index contributed by atoms with van der Waals surface area (Å²) in [4.78, 5) is -0.260. The second kappa shape index (κ2) is 5.56. The van der Waals surface area contributed by atoms with Crippen molar-refractivity contribution in [1.29, 1.82) is 0 Å². The summed E-state index contributed by atoms with van der Waals surface area (Å²) in [6.07, 6.45) is 1.83. The van der Waals surface area contributed by atoms with Crippen molar-refractivity contribution in [2.45, 2.75) is 31.2 Å². The molecule has 1 aromatic carbocycles. The normalized spacial score (nSPS) is 21.5. The number of hydrogen-bond acceptors (Lipinski definition) is 3. The topological polar surface area (TPSA) is 63.4 Å². The van der Waals surface area contributed by atoms with Crippen molar-refractivity contribution in [2.24, 2.45) is 11.7 Å². The van der Waals surface area contributed by atoms with Crippen LogP contribution in [0.4, 0.5) is 4.39 Å². The van der Waals surface area contributed by atoms with Gasteiger partial charge in [0, 0.05) is 19.6 Å².